The molecule has 0 aliphatic carbocycles. The number of likely N-dealkylation sites (tertiary alicyclic amines) is 1. The third kappa shape index (κ3) is 3.31. The van der Waals surface area contributed by atoms with E-state index >= 15 is 0 Å². The molecule has 0 atom stereocenters. The van der Waals surface area contributed by atoms with Crippen LogP contribution in [0.15, 0.2) is 48.0 Å². The van der Waals surface area contributed by atoms with Crippen LogP contribution in [-0.2, 0) is 6.54 Å². The number of fused-ring (bicyclic) bond motifs is 1. The number of anilines is 1. The molecular formula is C21H23N3OS. The molecule has 1 aliphatic heterocycles. The average Bonchev–Trinajstić information content (AvgIpc) is 3.11. The zero-order chi connectivity index (χ0) is 17.9. The van der Waals surface area contributed by atoms with Gasteiger partial charge in [-0.25, -0.2) is 4.98 Å². The molecule has 5 heteroatoms. The van der Waals surface area contributed by atoms with Crippen LogP contribution in [0.1, 0.15) is 35.2 Å². The maximum atomic E-state index is 13.0. The van der Waals surface area contributed by atoms with E-state index in [4.69, 9.17) is 0 Å². The molecule has 2 aromatic heterocycles. The fourth-order valence-electron chi connectivity index (χ4n) is 3.62. The lowest BCUT2D eigenvalue weighted by Gasteiger charge is -2.28. The zero-order valence-electron chi connectivity index (χ0n) is 15.0. The van der Waals surface area contributed by atoms with E-state index < -0.39 is 0 Å². The molecule has 1 saturated heterocycles. The summed E-state index contributed by atoms with van der Waals surface area (Å²) in [7, 11) is 2.02. The number of hydrogen-bond acceptors (Lipinski definition) is 4. The number of amides is 1. The maximum Gasteiger partial charge on any atom is 0.257 e. The van der Waals surface area contributed by atoms with Crippen molar-refractivity contribution in [2.45, 2.75) is 25.8 Å². The van der Waals surface area contributed by atoms with Crippen molar-refractivity contribution in [1.82, 2.24) is 9.88 Å². The van der Waals surface area contributed by atoms with Crippen LogP contribution >= 0.6 is 11.3 Å². The highest BCUT2D eigenvalue weighted by molar-refractivity contribution is 7.17. The molecule has 4 nitrogen and oxygen atoms in total. The van der Waals surface area contributed by atoms with Crippen molar-refractivity contribution in [2.24, 2.45) is 0 Å². The predicted octanol–water partition coefficient (Wildman–Crippen LogP) is 4.56. The molecule has 3 heterocycles. The normalized spacial score (nSPS) is 14.6. The Morgan fingerprint density at radius 1 is 1.15 bits per heavy atom. The number of nitrogens with zero attached hydrogens (tertiary/aromatic N) is 3. The highest BCUT2D eigenvalue weighted by Gasteiger charge is 2.23. The Balaban J connectivity index is 1.60. The summed E-state index contributed by atoms with van der Waals surface area (Å²) >= 11 is 1.76. The molecule has 0 radical (unpaired) electrons. The molecule has 1 aromatic carbocycles. The van der Waals surface area contributed by atoms with Crippen molar-refractivity contribution >= 4 is 33.1 Å². The van der Waals surface area contributed by atoms with Crippen molar-refractivity contribution < 1.29 is 4.79 Å². The van der Waals surface area contributed by atoms with Gasteiger partial charge in [-0.2, -0.15) is 0 Å². The number of piperidine rings is 1. The van der Waals surface area contributed by atoms with Crippen molar-refractivity contribution in [3.8, 4) is 0 Å². The predicted molar refractivity (Wildman–Crippen MR) is 108 cm³/mol. The number of thiophene rings is 1. The van der Waals surface area contributed by atoms with Crippen LogP contribution in [0, 0.1) is 0 Å². The van der Waals surface area contributed by atoms with E-state index in [-0.39, 0.29) is 5.91 Å². The van der Waals surface area contributed by atoms with E-state index in [0.29, 0.717) is 5.56 Å². The molecule has 0 saturated carbocycles. The van der Waals surface area contributed by atoms with Crippen molar-refractivity contribution in [2.75, 3.05) is 25.0 Å². The molecule has 26 heavy (non-hydrogen) atoms. The fourth-order valence-corrected chi connectivity index (χ4v) is 4.58. The molecule has 1 amide bonds. The van der Waals surface area contributed by atoms with Crippen LogP contribution in [0.3, 0.4) is 0 Å². The van der Waals surface area contributed by atoms with Gasteiger partial charge in [0.05, 0.1) is 5.56 Å². The van der Waals surface area contributed by atoms with Crippen molar-refractivity contribution in [1.29, 1.82) is 0 Å². The number of benzene rings is 1. The molecule has 1 aliphatic rings. The maximum absolute atomic E-state index is 13.0. The first-order valence-electron chi connectivity index (χ1n) is 9.14. The minimum atomic E-state index is 0.106. The minimum absolute atomic E-state index is 0.106. The monoisotopic (exact) mass is 365 g/mol. The van der Waals surface area contributed by atoms with Gasteiger partial charge in [-0.05, 0) is 53.8 Å². The largest absolute Gasteiger partial charge is 0.355 e. The lowest BCUT2D eigenvalue weighted by atomic mass is 10.1. The number of hydrogen-bond donors (Lipinski definition) is 0. The van der Waals surface area contributed by atoms with E-state index in [1.165, 1.54) is 22.1 Å². The van der Waals surface area contributed by atoms with E-state index in [9.17, 15) is 4.79 Å². The lowest BCUT2D eigenvalue weighted by molar-refractivity contribution is 0.0724. The van der Waals surface area contributed by atoms with Crippen LogP contribution in [-0.4, -0.2) is 35.9 Å². The summed E-state index contributed by atoms with van der Waals surface area (Å²) in [6, 6.07) is 12.2. The Hall–Kier alpha value is -2.40. The van der Waals surface area contributed by atoms with Gasteiger partial charge in [-0.3, -0.25) is 4.79 Å². The Morgan fingerprint density at radius 2 is 1.96 bits per heavy atom. The van der Waals surface area contributed by atoms with Gasteiger partial charge in [0, 0.05) is 37.6 Å². The topological polar surface area (TPSA) is 36.4 Å². The van der Waals surface area contributed by atoms with Gasteiger partial charge in [0.1, 0.15) is 5.82 Å². The minimum Gasteiger partial charge on any atom is -0.355 e. The second-order valence-electron chi connectivity index (χ2n) is 6.84. The zero-order valence-corrected chi connectivity index (χ0v) is 15.8. The molecular weight excluding hydrogens is 342 g/mol. The second kappa shape index (κ2) is 7.46. The van der Waals surface area contributed by atoms with Crippen molar-refractivity contribution in [3.63, 3.8) is 0 Å². The lowest BCUT2D eigenvalue weighted by Crippen LogP contribution is -2.36. The van der Waals surface area contributed by atoms with E-state index in [1.54, 1.807) is 17.5 Å². The number of pyridine rings is 1. The molecule has 1 fully saturated rings. The third-order valence-corrected chi connectivity index (χ3v) is 6.00. The second-order valence-corrected chi connectivity index (χ2v) is 7.75. The molecule has 3 aromatic rings. The summed E-state index contributed by atoms with van der Waals surface area (Å²) in [6.07, 6.45) is 5.18. The van der Waals surface area contributed by atoms with Crippen LogP contribution in [0.5, 0.6) is 0 Å². The quantitative estimate of drug-likeness (QED) is 0.680. The molecule has 134 valence electrons. The van der Waals surface area contributed by atoms with Gasteiger partial charge in [-0.15, -0.1) is 11.3 Å². The van der Waals surface area contributed by atoms with Gasteiger partial charge < -0.3 is 9.80 Å². The van der Waals surface area contributed by atoms with Gasteiger partial charge >= 0.3 is 0 Å². The first kappa shape index (κ1) is 17.0. The van der Waals surface area contributed by atoms with Crippen LogP contribution in [0.4, 0.5) is 5.82 Å². The number of carbonyl (C=O) groups excluding carboxylic acids is 1. The summed E-state index contributed by atoms with van der Waals surface area (Å²) in [6.45, 7) is 2.44. The number of aromatic nitrogens is 1. The van der Waals surface area contributed by atoms with E-state index in [2.05, 4.69) is 39.5 Å². The van der Waals surface area contributed by atoms with Gasteiger partial charge in [-0.1, -0.05) is 18.2 Å². The summed E-state index contributed by atoms with van der Waals surface area (Å²) in [5.74, 6) is 0.869. The summed E-state index contributed by atoms with van der Waals surface area (Å²) < 4.78 is 1.29. The molecule has 0 spiro atoms. The first-order chi connectivity index (χ1) is 12.7. The first-order valence-corrected chi connectivity index (χ1v) is 10.0. The molecule has 0 unspecified atom stereocenters. The molecule has 0 bridgehead atoms. The Bertz CT molecular complexity index is 914. The summed E-state index contributed by atoms with van der Waals surface area (Å²) in [4.78, 5) is 21.6. The number of carbonyl (C=O) groups is 1. The Morgan fingerprint density at radius 3 is 2.81 bits per heavy atom. The highest BCUT2D eigenvalue weighted by atomic mass is 32.1. The van der Waals surface area contributed by atoms with Crippen molar-refractivity contribution in [3.05, 3.63) is 59.1 Å². The van der Waals surface area contributed by atoms with Gasteiger partial charge in [0.15, 0.2) is 0 Å². The van der Waals surface area contributed by atoms with Crippen LogP contribution < -0.4 is 4.90 Å². The van der Waals surface area contributed by atoms with E-state index in [0.717, 1.165) is 38.3 Å². The smallest absolute Gasteiger partial charge is 0.257 e. The fraction of sp³-hybridized carbons (Fsp3) is 0.333. The third-order valence-electron chi connectivity index (χ3n) is 4.99. The molecule has 0 N–H and O–H groups in total. The SMILES string of the molecule is CN(Cc1csc2ccccc12)c1ncccc1C(=O)N1CCCCC1. The Kier molecular flexibility index (Phi) is 4.89. The average molecular weight is 366 g/mol. The summed E-state index contributed by atoms with van der Waals surface area (Å²) in [5, 5.41) is 3.49. The van der Waals surface area contributed by atoms with Crippen LogP contribution in [0.2, 0.25) is 0 Å². The van der Waals surface area contributed by atoms with E-state index in [1.807, 2.05) is 24.1 Å². The van der Waals surface area contributed by atoms with Gasteiger partial charge in [0.25, 0.3) is 5.91 Å². The van der Waals surface area contributed by atoms with Crippen LogP contribution in [0.25, 0.3) is 10.1 Å². The Labute approximate surface area is 158 Å². The number of rotatable bonds is 4. The van der Waals surface area contributed by atoms with Gasteiger partial charge in [0.2, 0.25) is 0 Å². The highest BCUT2D eigenvalue weighted by Crippen LogP contribution is 2.28. The molecule has 4 rings (SSSR count). The standard InChI is InChI=1S/C21H23N3OS/c1-23(14-16-15-26-19-10-4-3-8-17(16)19)20-18(9-7-11-22-20)21(25)24-12-5-2-6-13-24/h3-4,7-11,15H,2,5-6,12-14H2,1H3. The summed E-state index contributed by atoms with van der Waals surface area (Å²) in [5.41, 5.74) is 1.98.